The second-order valence-corrected chi connectivity index (χ2v) is 5.95. The minimum absolute atomic E-state index is 0.270. The van der Waals surface area contributed by atoms with E-state index in [2.05, 4.69) is 51.6 Å². The number of likely N-dealkylation sites (tertiary alicyclic amines) is 1. The van der Waals surface area contributed by atoms with Gasteiger partial charge in [-0.15, -0.1) is 0 Å². The van der Waals surface area contributed by atoms with Crippen molar-refractivity contribution >= 4 is 15.9 Å². The first-order chi connectivity index (χ1) is 6.97. The van der Waals surface area contributed by atoms with Crippen molar-refractivity contribution in [3.8, 4) is 0 Å². The smallest absolute Gasteiger partial charge is 0.133 e. The Balaban J connectivity index is 1.98. The summed E-state index contributed by atoms with van der Waals surface area (Å²) in [7, 11) is 0. The average molecular weight is 270 g/mol. The van der Waals surface area contributed by atoms with E-state index in [4.69, 9.17) is 0 Å². The molecule has 15 heavy (non-hydrogen) atoms. The Morgan fingerprint density at radius 2 is 1.80 bits per heavy atom. The van der Waals surface area contributed by atoms with Gasteiger partial charge in [-0.1, -0.05) is 0 Å². The first kappa shape index (κ1) is 11.0. The summed E-state index contributed by atoms with van der Waals surface area (Å²) in [6.07, 6.45) is 3.64. The molecule has 4 heteroatoms. The molecule has 1 aliphatic rings. The molecule has 1 saturated heterocycles. The third kappa shape index (κ3) is 2.37. The van der Waals surface area contributed by atoms with Crippen LogP contribution < -0.4 is 0 Å². The molecule has 3 nitrogen and oxygen atoms in total. The van der Waals surface area contributed by atoms with Crippen LogP contribution >= 0.6 is 15.9 Å². The Kier molecular flexibility index (Phi) is 2.81. The summed E-state index contributed by atoms with van der Waals surface area (Å²) < 4.78 is 0.943. The molecule has 1 fully saturated rings. The van der Waals surface area contributed by atoms with E-state index in [0.717, 1.165) is 23.4 Å². The maximum absolute atomic E-state index is 4.33. The summed E-state index contributed by atoms with van der Waals surface area (Å²) >= 11 is 3.34. The fraction of sp³-hybridized carbons (Fsp3) is 0.636. The lowest BCUT2D eigenvalue weighted by Gasteiger charge is -2.47. The fourth-order valence-electron chi connectivity index (χ4n) is 1.72. The maximum Gasteiger partial charge on any atom is 0.133 e. The van der Waals surface area contributed by atoms with Crippen LogP contribution in [0.15, 0.2) is 16.9 Å². The van der Waals surface area contributed by atoms with Gasteiger partial charge in [0, 0.05) is 36.9 Å². The van der Waals surface area contributed by atoms with Crippen molar-refractivity contribution in [2.45, 2.75) is 32.2 Å². The van der Waals surface area contributed by atoms with E-state index < -0.39 is 0 Å². The van der Waals surface area contributed by atoms with Crippen LogP contribution in [0.4, 0.5) is 0 Å². The van der Waals surface area contributed by atoms with Gasteiger partial charge in [0.05, 0.1) is 4.47 Å². The molecule has 0 atom stereocenters. The molecule has 1 aromatic rings. The summed E-state index contributed by atoms with van der Waals surface area (Å²) in [6.45, 7) is 8.87. The third-order valence-corrected chi connectivity index (χ3v) is 3.25. The molecule has 0 amide bonds. The number of nitrogens with zero attached hydrogens (tertiary/aromatic N) is 3. The van der Waals surface area contributed by atoms with Gasteiger partial charge in [0.2, 0.25) is 0 Å². The SMILES string of the molecule is CC(C)(C)N1CC(c2ncc(Br)cn2)C1. The molecule has 0 bridgehead atoms. The molecule has 0 aliphatic carbocycles. The highest BCUT2D eigenvalue weighted by Gasteiger charge is 2.36. The van der Waals surface area contributed by atoms with Crippen molar-refractivity contribution in [3.05, 3.63) is 22.7 Å². The zero-order valence-electron chi connectivity index (χ0n) is 9.37. The highest BCUT2D eigenvalue weighted by atomic mass is 79.9. The molecule has 0 unspecified atom stereocenters. The summed E-state index contributed by atoms with van der Waals surface area (Å²) in [5, 5.41) is 0. The number of aromatic nitrogens is 2. The molecule has 0 N–H and O–H groups in total. The second-order valence-electron chi connectivity index (χ2n) is 5.03. The molecule has 1 aliphatic heterocycles. The molecule has 0 saturated carbocycles. The van der Waals surface area contributed by atoms with Gasteiger partial charge in [0.15, 0.2) is 0 Å². The predicted octanol–water partition coefficient (Wildman–Crippen LogP) is 2.44. The van der Waals surface area contributed by atoms with E-state index in [1.165, 1.54) is 0 Å². The summed E-state index contributed by atoms with van der Waals surface area (Å²) in [4.78, 5) is 11.1. The molecule has 2 heterocycles. The summed E-state index contributed by atoms with van der Waals surface area (Å²) in [5.41, 5.74) is 0.270. The molecular formula is C11H16BrN3. The van der Waals surface area contributed by atoms with Crippen molar-refractivity contribution in [1.82, 2.24) is 14.9 Å². The van der Waals surface area contributed by atoms with Crippen LogP contribution in [-0.2, 0) is 0 Å². The molecule has 2 rings (SSSR count). The van der Waals surface area contributed by atoms with Crippen LogP contribution in [0.1, 0.15) is 32.5 Å². The van der Waals surface area contributed by atoms with E-state index in [1.54, 1.807) is 0 Å². The quantitative estimate of drug-likeness (QED) is 0.784. The van der Waals surface area contributed by atoms with Gasteiger partial charge >= 0.3 is 0 Å². The van der Waals surface area contributed by atoms with E-state index >= 15 is 0 Å². The number of halogens is 1. The number of hydrogen-bond donors (Lipinski definition) is 0. The Bertz CT molecular complexity index is 336. The van der Waals surface area contributed by atoms with Crippen molar-refractivity contribution in [2.24, 2.45) is 0 Å². The van der Waals surface area contributed by atoms with Crippen LogP contribution in [-0.4, -0.2) is 33.5 Å². The van der Waals surface area contributed by atoms with Gasteiger partial charge in [-0.25, -0.2) is 9.97 Å². The molecule has 0 radical (unpaired) electrons. The minimum Gasteiger partial charge on any atom is -0.297 e. The lowest BCUT2D eigenvalue weighted by molar-refractivity contribution is 0.0440. The van der Waals surface area contributed by atoms with Gasteiger partial charge < -0.3 is 0 Å². The lowest BCUT2D eigenvalue weighted by Crippen LogP contribution is -2.54. The van der Waals surface area contributed by atoms with Crippen LogP contribution in [0.3, 0.4) is 0 Å². The number of hydrogen-bond acceptors (Lipinski definition) is 3. The first-order valence-corrected chi connectivity index (χ1v) is 5.98. The zero-order valence-corrected chi connectivity index (χ0v) is 11.0. The molecule has 1 aromatic heterocycles. The van der Waals surface area contributed by atoms with Gasteiger partial charge in [-0.05, 0) is 36.7 Å². The topological polar surface area (TPSA) is 29.0 Å². The van der Waals surface area contributed by atoms with Gasteiger partial charge in [0.25, 0.3) is 0 Å². The van der Waals surface area contributed by atoms with Crippen LogP contribution in [0.5, 0.6) is 0 Å². The van der Waals surface area contributed by atoms with E-state index in [0.29, 0.717) is 5.92 Å². The Hall–Kier alpha value is -0.480. The monoisotopic (exact) mass is 269 g/mol. The average Bonchev–Trinajstić information content (AvgIpc) is 2.03. The van der Waals surface area contributed by atoms with Crippen molar-refractivity contribution in [2.75, 3.05) is 13.1 Å². The highest BCUT2D eigenvalue weighted by Crippen LogP contribution is 2.30. The standard InChI is InChI=1S/C11H16BrN3/c1-11(2,3)15-6-8(7-15)10-13-4-9(12)5-14-10/h4-5,8H,6-7H2,1-3H3. The third-order valence-electron chi connectivity index (χ3n) is 2.84. The summed E-state index contributed by atoms with van der Waals surface area (Å²) in [5.74, 6) is 1.48. The van der Waals surface area contributed by atoms with Crippen LogP contribution in [0.2, 0.25) is 0 Å². The highest BCUT2D eigenvalue weighted by molar-refractivity contribution is 9.10. The van der Waals surface area contributed by atoms with E-state index in [1.807, 2.05) is 12.4 Å². The minimum atomic E-state index is 0.270. The van der Waals surface area contributed by atoms with E-state index in [-0.39, 0.29) is 5.54 Å². The normalized spacial score (nSPS) is 18.9. The zero-order chi connectivity index (χ0) is 11.1. The van der Waals surface area contributed by atoms with E-state index in [9.17, 15) is 0 Å². The number of rotatable bonds is 1. The second kappa shape index (κ2) is 3.83. The Labute approximate surface area is 99.0 Å². The molecule has 82 valence electrons. The van der Waals surface area contributed by atoms with Crippen LogP contribution in [0.25, 0.3) is 0 Å². The van der Waals surface area contributed by atoms with Gasteiger partial charge in [0.1, 0.15) is 5.82 Å². The maximum atomic E-state index is 4.33. The molecular weight excluding hydrogens is 254 g/mol. The Morgan fingerprint density at radius 3 is 2.27 bits per heavy atom. The molecule has 0 spiro atoms. The van der Waals surface area contributed by atoms with Crippen molar-refractivity contribution in [1.29, 1.82) is 0 Å². The molecule has 0 aromatic carbocycles. The van der Waals surface area contributed by atoms with Crippen molar-refractivity contribution in [3.63, 3.8) is 0 Å². The van der Waals surface area contributed by atoms with Gasteiger partial charge in [-0.3, -0.25) is 4.90 Å². The van der Waals surface area contributed by atoms with Crippen LogP contribution in [0, 0.1) is 0 Å². The lowest BCUT2D eigenvalue weighted by atomic mass is 9.92. The van der Waals surface area contributed by atoms with Crippen molar-refractivity contribution < 1.29 is 0 Å². The largest absolute Gasteiger partial charge is 0.297 e. The van der Waals surface area contributed by atoms with Gasteiger partial charge in [-0.2, -0.15) is 0 Å². The Morgan fingerprint density at radius 1 is 1.27 bits per heavy atom. The predicted molar refractivity (Wildman–Crippen MR) is 63.8 cm³/mol. The first-order valence-electron chi connectivity index (χ1n) is 5.19. The summed E-state index contributed by atoms with van der Waals surface area (Å²) in [6, 6.07) is 0. The fourth-order valence-corrected chi connectivity index (χ4v) is 1.93.